The fourth-order valence-electron chi connectivity index (χ4n) is 2.63. The van der Waals surface area contributed by atoms with Gasteiger partial charge in [0.1, 0.15) is 5.75 Å². The van der Waals surface area contributed by atoms with Gasteiger partial charge in [-0.1, -0.05) is 34.1 Å². The number of hydrogen-bond donors (Lipinski definition) is 1. The van der Waals surface area contributed by atoms with Crippen molar-refractivity contribution in [1.29, 1.82) is 0 Å². The summed E-state index contributed by atoms with van der Waals surface area (Å²) in [4.78, 5) is 34.8. The van der Waals surface area contributed by atoms with Crippen molar-refractivity contribution in [2.24, 2.45) is 5.10 Å². The minimum absolute atomic E-state index is 0.116. The Hall–Kier alpha value is -3.85. The van der Waals surface area contributed by atoms with Gasteiger partial charge < -0.3 is 4.74 Å². The van der Waals surface area contributed by atoms with Crippen LogP contribution in [0.3, 0.4) is 0 Å². The maximum atomic E-state index is 12.5. The fourth-order valence-corrected chi connectivity index (χ4v) is 3.01. The van der Waals surface area contributed by atoms with E-state index in [0.29, 0.717) is 11.1 Å². The predicted molar refractivity (Wildman–Crippen MR) is 118 cm³/mol. The van der Waals surface area contributed by atoms with Gasteiger partial charge in [0.05, 0.1) is 16.7 Å². The number of hydrazone groups is 1. The Labute approximate surface area is 185 Å². The highest BCUT2D eigenvalue weighted by Crippen LogP contribution is 2.23. The number of nitrogens with one attached hydrogen (secondary N) is 1. The van der Waals surface area contributed by atoms with Gasteiger partial charge in [0.15, 0.2) is 0 Å². The van der Waals surface area contributed by atoms with Crippen LogP contribution >= 0.6 is 15.9 Å². The highest BCUT2D eigenvalue weighted by atomic mass is 79.9. The summed E-state index contributed by atoms with van der Waals surface area (Å²) in [5.41, 5.74) is 4.13. The molecule has 0 atom stereocenters. The maximum absolute atomic E-state index is 12.5. The molecule has 0 saturated heterocycles. The predicted octanol–water partition coefficient (Wildman–Crippen LogP) is 4.65. The highest BCUT2D eigenvalue weighted by molar-refractivity contribution is 9.10. The first kappa shape index (κ1) is 21.8. The molecule has 8 nitrogen and oxygen atoms in total. The van der Waals surface area contributed by atoms with Crippen LogP contribution in [0, 0.1) is 17.0 Å². The number of rotatable bonds is 6. The molecule has 0 fully saturated rings. The Morgan fingerprint density at radius 2 is 1.81 bits per heavy atom. The average molecular weight is 482 g/mol. The molecule has 3 aromatic rings. The Bertz CT molecular complexity index is 1180. The lowest BCUT2D eigenvalue weighted by molar-refractivity contribution is -0.384. The number of aryl methyl sites for hydroxylation is 1. The largest absolute Gasteiger partial charge is 0.422 e. The number of halogens is 1. The van der Waals surface area contributed by atoms with Gasteiger partial charge in [-0.2, -0.15) is 5.10 Å². The van der Waals surface area contributed by atoms with E-state index in [1.165, 1.54) is 30.5 Å². The SMILES string of the molecule is Cc1ccccc1C(=O)Oc1ccc(Br)cc1C=NNC(=O)c1ccc([N+](=O)[O-])cc1. The van der Waals surface area contributed by atoms with E-state index in [2.05, 4.69) is 26.5 Å². The standard InChI is InChI=1S/C22H16BrN3O5/c1-14-4-2-3-5-19(14)22(28)31-20-11-8-17(23)12-16(20)13-24-25-21(27)15-6-9-18(10-7-15)26(29)30/h2-13H,1H3,(H,25,27). The van der Waals surface area contributed by atoms with Crippen molar-refractivity contribution in [3.8, 4) is 5.75 Å². The Balaban J connectivity index is 1.73. The van der Waals surface area contributed by atoms with Crippen LogP contribution in [0.4, 0.5) is 5.69 Å². The molecule has 9 heteroatoms. The molecule has 0 saturated carbocycles. The summed E-state index contributed by atoms with van der Waals surface area (Å²) in [6.07, 6.45) is 1.34. The first-order valence-electron chi connectivity index (χ1n) is 9.00. The molecule has 0 aliphatic rings. The van der Waals surface area contributed by atoms with Crippen LogP contribution < -0.4 is 10.2 Å². The van der Waals surface area contributed by atoms with Gasteiger partial charge in [0, 0.05) is 27.7 Å². The smallest absolute Gasteiger partial charge is 0.343 e. The first-order valence-corrected chi connectivity index (χ1v) is 9.79. The third kappa shape index (κ3) is 5.61. The molecular weight excluding hydrogens is 466 g/mol. The van der Waals surface area contributed by atoms with Gasteiger partial charge in [-0.3, -0.25) is 14.9 Å². The van der Waals surface area contributed by atoms with Crippen molar-refractivity contribution in [2.45, 2.75) is 6.92 Å². The molecule has 1 N–H and O–H groups in total. The molecule has 0 radical (unpaired) electrons. The normalized spacial score (nSPS) is 10.6. The van der Waals surface area contributed by atoms with E-state index in [1.807, 2.05) is 19.1 Å². The van der Waals surface area contributed by atoms with E-state index < -0.39 is 16.8 Å². The molecule has 0 aliphatic heterocycles. The number of non-ortho nitro benzene ring substituents is 1. The molecule has 0 spiro atoms. The third-order valence-corrected chi connectivity index (χ3v) is 4.74. The van der Waals surface area contributed by atoms with Gasteiger partial charge in [-0.15, -0.1) is 0 Å². The van der Waals surface area contributed by atoms with Crippen molar-refractivity contribution >= 4 is 39.7 Å². The summed E-state index contributed by atoms with van der Waals surface area (Å²) in [5, 5.41) is 14.6. The number of carbonyl (C=O) groups is 2. The van der Waals surface area contributed by atoms with Crippen molar-refractivity contribution in [1.82, 2.24) is 5.43 Å². The van der Waals surface area contributed by atoms with E-state index in [9.17, 15) is 19.7 Å². The topological polar surface area (TPSA) is 111 Å². The van der Waals surface area contributed by atoms with Crippen LogP contribution in [-0.2, 0) is 0 Å². The van der Waals surface area contributed by atoms with Crippen LogP contribution in [-0.4, -0.2) is 23.0 Å². The first-order chi connectivity index (χ1) is 14.8. The summed E-state index contributed by atoms with van der Waals surface area (Å²) in [6.45, 7) is 1.81. The molecule has 0 aliphatic carbocycles. The molecule has 0 heterocycles. The zero-order chi connectivity index (χ0) is 22.4. The molecule has 0 unspecified atom stereocenters. The lowest BCUT2D eigenvalue weighted by Gasteiger charge is -2.09. The van der Waals surface area contributed by atoms with Gasteiger partial charge in [0.2, 0.25) is 0 Å². The number of nitrogens with zero attached hydrogens (tertiary/aromatic N) is 2. The van der Waals surface area contributed by atoms with Gasteiger partial charge in [-0.25, -0.2) is 10.2 Å². The summed E-state index contributed by atoms with van der Waals surface area (Å²) < 4.78 is 6.25. The summed E-state index contributed by atoms with van der Waals surface area (Å²) >= 11 is 3.35. The van der Waals surface area contributed by atoms with Gasteiger partial charge in [0.25, 0.3) is 11.6 Å². The molecule has 3 rings (SSSR count). The summed E-state index contributed by atoms with van der Waals surface area (Å²) in [5.74, 6) is -0.783. The van der Waals surface area contributed by atoms with Crippen molar-refractivity contribution in [3.05, 3.63) is 104 Å². The van der Waals surface area contributed by atoms with Crippen LogP contribution in [0.15, 0.2) is 76.3 Å². The van der Waals surface area contributed by atoms with E-state index in [1.54, 1.807) is 30.3 Å². The Morgan fingerprint density at radius 1 is 1.10 bits per heavy atom. The molecule has 0 aromatic heterocycles. The number of nitro groups is 1. The minimum Gasteiger partial charge on any atom is -0.422 e. The van der Waals surface area contributed by atoms with Crippen LogP contribution in [0.5, 0.6) is 5.75 Å². The second kappa shape index (κ2) is 9.77. The maximum Gasteiger partial charge on any atom is 0.343 e. The molecule has 156 valence electrons. The number of ether oxygens (including phenoxy) is 1. The minimum atomic E-state index is -0.549. The monoisotopic (exact) mass is 481 g/mol. The van der Waals surface area contributed by atoms with E-state index in [-0.39, 0.29) is 17.0 Å². The average Bonchev–Trinajstić information content (AvgIpc) is 2.75. The second-order valence-electron chi connectivity index (χ2n) is 6.39. The molecule has 3 aromatic carbocycles. The van der Waals surface area contributed by atoms with Crippen LogP contribution in [0.25, 0.3) is 0 Å². The number of benzene rings is 3. The number of hydrogen-bond acceptors (Lipinski definition) is 6. The second-order valence-corrected chi connectivity index (χ2v) is 7.31. The fraction of sp³-hybridized carbons (Fsp3) is 0.0455. The van der Waals surface area contributed by atoms with Gasteiger partial charge >= 0.3 is 5.97 Å². The zero-order valence-corrected chi connectivity index (χ0v) is 17.8. The zero-order valence-electron chi connectivity index (χ0n) is 16.2. The van der Waals surface area contributed by atoms with E-state index in [0.717, 1.165) is 10.0 Å². The summed E-state index contributed by atoms with van der Waals surface area (Å²) in [7, 11) is 0. The number of carbonyl (C=O) groups excluding carboxylic acids is 2. The molecular formula is C22H16BrN3O5. The van der Waals surface area contributed by atoms with Crippen molar-refractivity contribution in [2.75, 3.05) is 0 Å². The molecule has 1 amide bonds. The van der Waals surface area contributed by atoms with E-state index >= 15 is 0 Å². The van der Waals surface area contributed by atoms with Crippen molar-refractivity contribution in [3.63, 3.8) is 0 Å². The van der Waals surface area contributed by atoms with Crippen molar-refractivity contribution < 1.29 is 19.2 Å². The lowest BCUT2D eigenvalue weighted by Crippen LogP contribution is -2.17. The quantitative estimate of drug-likeness (QED) is 0.181. The Morgan fingerprint density at radius 3 is 2.48 bits per heavy atom. The van der Waals surface area contributed by atoms with Crippen LogP contribution in [0.1, 0.15) is 31.8 Å². The van der Waals surface area contributed by atoms with E-state index in [4.69, 9.17) is 4.74 Å². The van der Waals surface area contributed by atoms with Crippen LogP contribution in [0.2, 0.25) is 0 Å². The number of nitro benzene ring substituents is 1. The lowest BCUT2D eigenvalue weighted by atomic mass is 10.1. The molecule has 31 heavy (non-hydrogen) atoms. The number of esters is 1. The number of amides is 1. The highest BCUT2D eigenvalue weighted by Gasteiger charge is 2.14. The van der Waals surface area contributed by atoms with Gasteiger partial charge in [-0.05, 0) is 48.9 Å². The Kier molecular flexibility index (Phi) is 6.88. The third-order valence-electron chi connectivity index (χ3n) is 4.25. The molecule has 0 bridgehead atoms. The summed E-state index contributed by atoms with van der Waals surface area (Å²) in [6, 6.07) is 17.2.